The molecule has 0 atom stereocenters. The van der Waals surface area contributed by atoms with Crippen LogP contribution in [-0.4, -0.2) is 38.5 Å². The number of methoxy groups -OCH3 is 1. The van der Waals surface area contributed by atoms with Crippen molar-refractivity contribution in [2.24, 2.45) is 0 Å². The average Bonchev–Trinajstić information content (AvgIpc) is 3.13. The third kappa shape index (κ3) is 5.16. The van der Waals surface area contributed by atoms with Crippen molar-refractivity contribution in [2.45, 2.75) is 5.16 Å². The fraction of sp³-hybridized carbons (Fsp3) is 0.0556. The van der Waals surface area contributed by atoms with Gasteiger partial charge in [0.25, 0.3) is 0 Å². The zero-order chi connectivity index (χ0) is 21.1. The maximum atomic E-state index is 11.7. The van der Waals surface area contributed by atoms with Crippen molar-refractivity contribution in [3.63, 3.8) is 0 Å². The largest absolute Gasteiger partial charge is 0.506 e. The Labute approximate surface area is 193 Å². The summed E-state index contributed by atoms with van der Waals surface area (Å²) in [4.78, 5) is 15.9. The lowest BCUT2D eigenvalue weighted by molar-refractivity contribution is -0.131. The summed E-state index contributed by atoms with van der Waals surface area (Å²) in [5.74, 6) is -0.351. The van der Waals surface area contributed by atoms with Crippen molar-refractivity contribution in [3.05, 3.63) is 54.4 Å². The number of nitrogens with zero attached hydrogens (tertiary/aromatic N) is 2. The number of phenolic OH excluding ortho intramolecular Hbond substituents is 1. The molecule has 150 valence electrons. The Kier molecular flexibility index (Phi) is 6.93. The number of aromatic amines is 1. The molecule has 0 aliphatic rings. The third-order valence-electron chi connectivity index (χ3n) is 3.64. The van der Waals surface area contributed by atoms with Gasteiger partial charge in [-0.15, -0.1) is 5.10 Å². The molecule has 0 saturated carbocycles. The molecule has 3 rings (SSSR count). The van der Waals surface area contributed by atoms with Crippen LogP contribution in [-0.2, 0) is 4.79 Å². The Hall–Kier alpha value is -1.95. The summed E-state index contributed by atoms with van der Waals surface area (Å²) in [6.07, 6.45) is 1.31. The van der Waals surface area contributed by atoms with Gasteiger partial charge in [-0.2, -0.15) is 0 Å². The fourth-order valence-electron chi connectivity index (χ4n) is 2.35. The number of nitrogens with one attached hydrogen (secondary N) is 1. The van der Waals surface area contributed by atoms with E-state index in [2.05, 4.69) is 15.2 Å². The van der Waals surface area contributed by atoms with E-state index in [9.17, 15) is 15.0 Å². The molecule has 0 amide bonds. The molecule has 0 fully saturated rings. The van der Waals surface area contributed by atoms with Crippen LogP contribution in [0.15, 0.2) is 40.4 Å². The van der Waals surface area contributed by atoms with Gasteiger partial charge in [0.1, 0.15) is 16.4 Å². The number of benzene rings is 2. The summed E-state index contributed by atoms with van der Waals surface area (Å²) in [6.45, 7) is 0. The van der Waals surface area contributed by atoms with Crippen LogP contribution in [0, 0.1) is 3.57 Å². The van der Waals surface area contributed by atoms with Crippen LogP contribution < -0.4 is 4.74 Å². The lowest BCUT2D eigenvalue weighted by Crippen LogP contribution is -1.97. The molecule has 0 saturated heterocycles. The number of aromatic hydroxyl groups is 1. The van der Waals surface area contributed by atoms with Gasteiger partial charge < -0.3 is 14.9 Å². The van der Waals surface area contributed by atoms with E-state index < -0.39 is 5.97 Å². The Bertz CT molecular complexity index is 1120. The minimum atomic E-state index is -1.20. The molecule has 3 aromatic rings. The molecule has 0 unspecified atom stereocenters. The van der Waals surface area contributed by atoms with Crippen molar-refractivity contribution in [3.8, 4) is 22.9 Å². The van der Waals surface area contributed by atoms with Crippen LogP contribution in [0.25, 0.3) is 17.5 Å². The van der Waals surface area contributed by atoms with Crippen molar-refractivity contribution in [1.29, 1.82) is 0 Å². The van der Waals surface area contributed by atoms with Gasteiger partial charge in [-0.1, -0.05) is 23.2 Å². The van der Waals surface area contributed by atoms with Gasteiger partial charge >= 0.3 is 5.97 Å². The molecule has 0 spiro atoms. The van der Waals surface area contributed by atoms with E-state index in [1.54, 1.807) is 24.3 Å². The highest BCUT2D eigenvalue weighted by atomic mass is 127. The number of ether oxygens (including phenoxy) is 1. The molecule has 1 heterocycles. The second-order valence-electron chi connectivity index (χ2n) is 5.55. The number of carboxylic acid groups (broad SMARTS) is 1. The summed E-state index contributed by atoms with van der Waals surface area (Å²) in [7, 11) is 1.52. The van der Waals surface area contributed by atoms with E-state index in [1.807, 2.05) is 22.6 Å². The van der Waals surface area contributed by atoms with E-state index in [-0.39, 0.29) is 21.4 Å². The number of aromatic nitrogens is 3. The summed E-state index contributed by atoms with van der Waals surface area (Å²) in [5.41, 5.74) is 0.862. The molecule has 0 bridgehead atoms. The first-order valence-corrected chi connectivity index (χ1v) is 10.5. The van der Waals surface area contributed by atoms with Gasteiger partial charge in [-0.25, -0.2) is 9.78 Å². The lowest BCUT2D eigenvalue weighted by atomic mass is 10.2. The van der Waals surface area contributed by atoms with Gasteiger partial charge in [-0.3, -0.25) is 5.10 Å². The maximum absolute atomic E-state index is 11.7. The summed E-state index contributed by atoms with van der Waals surface area (Å²) >= 11 is 14.8. The molecule has 0 aliphatic carbocycles. The number of rotatable bonds is 6. The highest BCUT2D eigenvalue weighted by Gasteiger charge is 2.17. The van der Waals surface area contributed by atoms with Crippen molar-refractivity contribution in [1.82, 2.24) is 15.2 Å². The zero-order valence-corrected chi connectivity index (χ0v) is 19.1. The number of phenols is 1. The quantitative estimate of drug-likeness (QED) is 0.212. The monoisotopic (exact) mass is 563 g/mol. The third-order valence-corrected chi connectivity index (χ3v) is 5.79. The van der Waals surface area contributed by atoms with Gasteiger partial charge in [0.05, 0.1) is 16.2 Å². The van der Waals surface area contributed by atoms with Gasteiger partial charge in [-0.05, 0) is 70.8 Å². The van der Waals surface area contributed by atoms with Crippen molar-refractivity contribution >= 4 is 69.6 Å². The van der Waals surface area contributed by atoms with E-state index in [1.165, 1.54) is 19.3 Å². The Morgan fingerprint density at radius 3 is 2.72 bits per heavy atom. The predicted molar refractivity (Wildman–Crippen MR) is 121 cm³/mol. The Balaban J connectivity index is 1.95. The Morgan fingerprint density at radius 2 is 2.03 bits per heavy atom. The number of hydrogen-bond acceptors (Lipinski definition) is 6. The van der Waals surface area contributed by atoms with Gasteiger partial charge in [0, 0.05) is 15.6 Å². The minimum absolute atomic E-state index is 0.0614. The van der Waals surface area contributed by atoms with Crippen LogP contribution in [0.2, 0.25) is 10.0 Å². The molecular weight excluding hydrogens is 552 g/mol. The first-order valence-electron chi connectivity index (χ1n) is 7.85. The standard InChI is InChI=1S/C18H12Cl2IN3O4S/c1-28-13-3-2-9(19)6-11(13)16-22-18(24-23-16)29-14(17(26)27)5-8-4-10(20)7-12(21)15(8)25/h2-7,25H,1H3,(H,26,27)(H,22,23,24)/b14-5-. The number of carboxylic acids is 1. The molecule has 2 aromatic carbocycles. The molecule has 7 nitrogen and oxygen atoms in total. The van der Waals surface area contributed by atoms with E-state index in [0.29, 0.717) is 30.8 Å². The van der Waals surface area contributed by atoms with Crippen LogP contribution in [0.4, 0.5) is 0 Å². The van der Waals surface area contributed by atoms with Crippen molar-refractivity contribution in [2.75, 3.05) is 7.11 Å². The number of H-pyrrole nitrogens is 1. The normalized spacial score (nSPS) is 11.5. The van der Waals surface area contributed by atoms with Crippen LogP contribution in [0.5, 0.6) is 11.5 Å². The zero-order valence-electron chi connectivity index (χ0n) is 14.6. The number of halogens is 3. The number of hydrogen-bond donors (Lipinski definition) is 3. The average molecular weight is 564 g/mol. The van der Waals surface area contributed by atoms with Crippen molar-refractivity contribution < 1.29 is 19.7 Å². The molecule has 3 N–H and O–H groups in total. The summed E-state index contributed by atoms with van der Waals surface area (Å²) in [5, 5.41) is 27.6. The Morgan fingerprint density at radius 1 is 1.28 bits per heavy atom. The first-order chi connectivity index (χ1) is 13.8. The predicted octanol–water partition coefficient (Wildman–Crippen LogP) is 5.32. The topological polar surface area (TPSA) is 108 Å². The van der Waals surface area contributed by atoms with Gasteiger partial charge in [0.15, 0.2) is 5.82 Å². The van der Waals surface area contributed by atoms with Crippen LogP contribution in [0.3, 0.4) is 0 Å². The van der Waals surface area contributed by atoms with E-state index >= 15 is 0 Å². The molecule has 11 heteroatoms. The molecule has 29 heavy (non-hydrogen) atoms. The minimum Gasteiger partial charge on any atom is -0.506 e. The highest BCUT2D eigenvalue weighted by Crippen LogP contribution is 2.35. The fourth-order valence-corrected chi connectivity index (χ4v) is 4.28. The van der Waals surface area contributed by atoms with E-state index in [0.717, 1.165) is 11.8 Å². The SMILES string of the molecule is COc1ccc(Cl)cc1-c1nc(S/C(=C\c2cc(Cl)cc(I)c2O)C(=O)O)n[nH]1. The summed E-state index contributed by atoms with van der Waals surface area (Å²) in [6, 6.07) is 8.08. The number of aliphatic carboxylic acids is 1. The smallest absolute Gasteiger partial charge is 0.342 e. The second-order valence-corrected chi connectivity index (χ2v) is 8.60. The molecule has 1 aromatic heterocycles. The van der Waals surface area contributed by atoms with Crippen LogP contribution >= 0.6 is 57.6 Å². The van der Waals surface area contributed by atoms with Crippen LogP contribution in [0.1, 0.15) is 5.56 Å². The summed E-state index contributed by atoms with van der Waals surface area (Å²) < 4.78 is 5.80. The van der Waals surface area contributed by atoms with E-state index in [4.69, 9.17) is 27.9 Å². The number of thioether (sulfide) groups is 1. The second kappa shape index (κ2) is 9.24. The highest BCUT2D eigenvalue weighted by molar-refractivity contribution is 14.1. The first kappa shape index (κ1) is 21.8. The molecule has 0 radical (unpaired) electrons. The number of carbonyl (C=O) groups is 1. The maximum Gasteiger partial charge on any atom is 0.342 e. The molecule has 0 aliphatic heterocycles. The molecular formula is C18H12Cl2IN3O4S. The lowest BCUT2D eigenvalue weighted by Gasteiger charge is -2.06. The van der Waals surface area contributed by atoms with Gasteiger partial charge in [0.2, 0.25) is 5.16 Å².